The summed E-state index contributed by atoms with van der Waals surface area (Å²) in [6, 6.07) is 6.14. The smallest absolute Gasteiger partial charge is 0.338 e. The van der Waals surface area contributed by atoms with Gasteiger partial charge in [0.15, 0.2) is 0 Å². The highest BCUT2D eigenvalue weighted by Crippen LogP contribution is 2.19. The molecule has 0 spiro atoms. The molecule has 1 aromatic carbocycles. The molecule has 7 heteroatoms. The van der Waals surface area contributed by atoms with Gasteiger partial charge in [-0.15, -0.1) is 0 Å². The van der Waals surface area contributed by atoms with E-state index in [1.807, 2.05) is 0 Å². The predicted octanol–water partition coefficient (Wildman–Crippen LogP) is 2.82. The van der Waals surface area contributed by atoms with Crippen LogP contribution in [0.2, 0.25) is 5.02 Å². The second-order valence-electron chi connectivity index (χ2n) is 3.82. The van der Waals surface area contributed by atoms with Crippen molar-refractivity contribution in [3.8, 4) is 0 Å². The average molecular weight is 295 g/mol. The molecule has 1 aromatic heterocycles. The maximum absolute atomic E-state index is 13.1. The van der Waals surface area contributed by atoms with Crippen LogP contribution in [0, 0.1) is 5.82 Å². The molecule has 102 valence electrons. The number of nitrogens with one attached hydrogen (secondary N) is 1. The molecule has 0 atom stereocenters. The van der Waals surface area contributed by atoms with Gasteiger partial charge in [0.2, 0.25) is 0 Å². The van der Waals surface area contributed by atoms with E-state index >= 15 is 0 Å². The highest BCUT2D eigenvalue weighted by molar-refractivity contribution is 6.31. The number of hydrogen-bond acceptors (Lipinski definition) is 3. The molecule has 0 saturated carbocycles. The number of pyridine rings is 1. The van der Waals surface area contributed by atoms with Crippen molar-refractivity contribution in [1.82, 2.24) is 4.98 Å². The van der Waals surface area contributed by atoms with Crippen molar-refractivity contribution in [2.45, 2.75) is 0 Å². The first-order valence-corrected chi connectivity index (χ1v) is 5.81. The lowest BCUT2D eigenvalue weighted by atomic mass is 10.2. The van der Waals surface area contributed by atoms with E-state index in [0.717, 1.165) is 12.1 Å². The molecule has 1 amide bonds. The van der Waals surface area contributed by atoms with Gasteiger partial charge in [-0.25, -0.2) is 9.18 Å². The van der Waals surface area contributed by atoms with Gasteiger partial charge < -0.3 is 10.4 Å². The molecule has 0 fully saturated rings. The molecule has 0 unspecified atom stereocenters. The van der Waals surface area contributed by atoms with E-state index in [4.69, 9.17) is 16.7 Å². The van der Waals surface area contributed by atoms with Crippen molar-refractivity contribution < 1.29 is 19.1 Å². The van der Waals surface area contributed by atoms with Gasteiger partial charge in [-0.1, -0.05) is 11.6 Å². The molecule has 0 saturated heterocycles. The van der Waals surface area contributed by atoms with E-state index in [9.17, 15) is 14.0 Å². The Bertz CT molecular complexity index is 671. The van der Waals surface area contributed by atoms with Crippen LogP contribution in [0.1, 0.15) is 20.8 Å². The molecule has 2 N–H and O–H groups in total. The molecule has 5 nitrogen and oxygen atoms in total. The Hall–Kier alpha value is -2.47. The zero-order valence-electron chi connectivity index (χ0n) is 9.93. The van der Waals surface area contributed by atoms with Crippen LogP contribution in [0.4, 0.5) is 10.1 Å². The second-order valence-corrected chi connectivity index (χ2v) is 4.25. The summed E-state index contributed by atoms with van der Waals surface area (Å²) < 4.78 is 13.1. The Morgan fingerprint density at radius 3 is 2.70 bits per heavy atom. The molecule has 2 aromatic rings. The number of hydrogen-bond donors (Lipinski definition) is 2. The number of carbonyl (C=O) groups excluding carboxylic acids is 1. The van der Waals surface area contributed by atoms with Crippen LogP contribution >= 0.6 is 11.6 Å². The molecule has 0 bridgehead atoms. The minimum atomic E-state index is -1.28. The Labute approximate surface area is 118 Å². The molecule has 0 aliphatic carbocycles. The van der Waals surface area contributed by atoms with Crippen molar-refractivity contribution >= 4 is 29.2 Å². The Balaban J connectivity index is 2.31. The van der Waals surface area contributed by atoms with Gasteiger partial charge in [-0.05, 0) is 30.3 Å². The largest absolute Gasteiger partial charge is 0.478 e. The van der Waals surface area contributed by atoms with Gasteiger partial charge in [0.05, 0.1) is 5.56 Å². The number of rotatable bonds is 3. The van der Waals surface area contributed by atoms with E-state index in [1.165, 1.54) is 24.4 Å². The normalized spacial score (nSPS) is 10.1. The molecule has 0 radical (unpaired) electrons. The Kier molecular flexibility index (Phi) is 3.95. The fraction of sp³-hybridized carbons (Fsp3) is 0. The summed E-state index contributed by atoms with van der Waals surface area (Å²) in [7, 11) is 0. The number of halogens is 2. The monoisotopic (exact) mass is 294 g/mol. The van der Waals surface area contributed by atoms with E-state index < -0.39 is 17.7 Å². The van der Waals surface area contributed by atoms with Gasteiger partial charge >= 0.3 is 5.97 Å². The fourth-order valence-corrected chi connectivity index (χ4v) is 1.80. The lowest BCUT2D eigenvalue weighted by molar-refractivity contribution is 0.0691. The van der Waals surface area contributed by atoms with Crippen LogP contribution in [0.25, 0.3) is 0 Å². The first-order chi connectivity index (χ1) is 9.47. The highest BCUT2D eigenvalue weighted by Gasteiger charge is 2.17. The number of aromatic carboxylic acids is 1. The van der Waals surface area contributed by atoms with Crippen LogP contribution < -0.4 is 5.32 Å². The van der Waals surface area contributed by atoms with Crippen LogP contribution in [0.5, 0.6) is 0 Å². The topological polar surface area (TPSA) is 79.3 Å². The van der Waals surface area contributed by atoms with Crippen molar-refractivity contribution in [1.29, 1.82) is 0 Å². The summed E-state index contributed by atoms with van der Waals surface area (Å²) in [5, 5.41) is 11.4. The number of aromatic nitrogens is 1. The first kappa shape index (κ1) is 14.0. The molecule has 0 aliphatic heterocycles. The van der Waals surface area contributed by atoms with Crippen molar-refractivity contribution in [2.75, 3.05) is 5.32 Å². The zero-order chi connectivity index (χ0) is 14.7. The molecule has 1 heterocycles. The molecular weight excluding hydrogens is 287 g/mol. The number of carboxylic acid groups (broad SMARTS) is 1. The van der Waals surface area contributed by atoms with Crippen molar-refractivity contribution in [3.05, 3.63) is 58.6 Å². The highest BCUT2D eigenvalue weighted by atomic mass is 35.5. The zero-order valence-corrected chi connectivity index (χ0v) is 10.7. The van der Waals surface area contributed by atoms with E-state index in [-0.39, 0.29) is 22.0 Å². The number of anilines is 1. The third kappa shape index (κ3) is 3.10. The van der Waals surface area contributed by atoms with Gasteiger partial charge in [0.1, 0.15) is 11.5 Å². The van der Waals surface area contributed by atoms with Crippen molar-refractivity contribution in [2.24, 2.45) is 0 Å². The third-order valence-electron chi connectivity index (χ3n) is 2.37. The van der Waals surface area contributed by atoms with Gasteiger partial charge in [-0.2, -0.15) is 0 Å². The van der Waals surface area contributed by atoms with Gasteiger partial charge in [-0.3, -0.25) is 9.78 Å². The Morgan fingerprint density at radius 2 is 2.05 bits per heavy atom. The number of carboxylic acids is 1. The fourth-order valence-electron chi connectivity index (χ4n) is 1.58. The Morgan fingerprint density at radius 1 is 1.30 bits per heavy atom. The lowest BCUT2D eigenvalue weighted by Gasteiger charge is -2.07. The van der Waals surface area contributed by atoms with Gasteiger partial charge in [0, 0.05) is 16.9 Å². The maximum atomic E-state index is 13.1. The summed E-state index contributed by atoms with van der Waals surface area (Å²) in [6.45, 7) is 0. The van der Waals surface area contributed by atoms with Crippen molar-refractivity contribution in [3.63, 3.8) is 0 Å². The first-order valence-electron chi connectivity index (χ1n) is 5.43. The predicted molar refractivity (Wildman–Crippen MR) is 70.6 cm³/mol. The number of nitrogens with zero attached hydrogens (tertiary/aromatic N) is 1. The number of amides is 1. The summed E-state index contributed by atoms with van der Waals surface area (Å²) in [5.41, 5.74) is -0.394. The number of carbonyl (C=O) groups is 2. The van der Waals surface area contributed by atoms with E-state index in [1.54, 1.807) is 0 Å². The molecule has 0 aliphatic rings. The van der Waals surface area contributed by atoms with Crippen LogP contribution in [-0.4, -0.2) is 22.0 Å². The summed E-state index contributed by atoms with van der Waals surface area (Å²) >= 11 is 5.66. The minimum Gasteiger partial charge on any atom is -0.478 e. The van der Waals surface area contributed by atoms with Crippen LogP contribution in [0.3, 0.4) is 0 Å². The number of benzene rings is 1. The minimum absolute atomic E-state index is 0.111. The van der Waals surface area contributed by atoms with E-state index in [0.29, 0.717) is 0 Å². The SMILES string of the molecule is O=C(O)c1cccnc1C(=O)Nc1cc(F)cc(Cl)c1. The van der Waals surface area contributed by atoms with Crippen LogP contribution in [0.15, 0.2) is 36.5 Å². The standard InChI is InChI=1S/C13H8ClFN2O3/c14-7-4-8(15)6-9(5-7)17-12(18)11-10(13(19)20)2-1-3-16-11/h1-6H,(H,17,18)(H,19,20). The lowest BCUT2D eigenvalue weighted by Crippen LogP contribution is -2.18. The summed E-state index contributed by atoms with van der Waals surface area (Å²) in [4.78, 5) is 26.7. The van der Waals surface area contributed by atoms with Gasteiger partial charge in [0.25, 0.3) is 5.91 Å². The quantitative estimate of drug-likeness (QED) is 0.912. The molecular formula is C13H8ClFN2O3. The molecule has 20 heavy (non-hydrogen) atoms. The summed E-state index contributed by atoms with van der Waals surface area (Å²) in [6.07, 6.45) is 1.29. The van der Waals surface area contributed by atoms with Crippen LogP contribution in [-0.2, 0) is 0 Å². The van der Waals surface area contributed by atoms with E-state index in [2.05, 4.69) is 10.3 Å². The third-order valence-corrected chi connectivity index (χ3v) is 2.59. The molecule has 2 rings (SSSR count). The summed E-state index contributed by atoms with van der Waals surface area (Å²) in [5.74, 6) is -2.66. The maximum Gasteiger partial charge on any atom is 0.338 e. The average Bonchev–Trinajstić information content (AvgIpc) is 2.37. The second kappa shape index (κ2) is 5.66.